The molecule has 0 spiro atoms. The van der Waals surface area contributed by atoms with E-state index in [9.17, 15) is 0 Å². The number of benzene rings is 1. The zero-order valence-electron chi connectivity index (χ0n) is 9.20. The number of hydrogen-bond acceptors (Lipinski definition) is 1. The van der Waals surface area contributed by atoms with Crippen LogP contribution in [0.1, 0.15) is 12.7 Å². The summed E-state index contributed by atoms with van der Waals surface area (Å²) in [6.45, 7) is 0. The molecule has 0 amide bonds. The molecule has 0 aliphatic heterocycles. The van der Waals surface area contributed by atoms with Crippen LogP contribution >= 0.6 is 0 Å². The molecular weight excluding hydrogens is 165 g/mol. The van der Waals surface area contributed by atoms with E-state index in [-0.39, 0.29) is 20.3 Å². The van der Waals surface area contributed by atoms with Gasteiger partial charge in [0.2, 0.25) is 0 Å². The molecule has 1 aliphatic carbocycles. The third-order valence-corrected chi connectivity index (χ3v) is 2.56. The SMILES string of the molecule is [H-].[Li+].c1ccc2c(c1)Cc1ncccc1-2. The standard InChI is InChI=1S/C12H9N.Li.H/c1-2-5-10-9(4-1)8-12-11(10)6-3-7-13-12;;/h1-7H,8H2;;/q;+1;-1. The summed E-state index contributed by atoms with van der Waals surface area (Å²) in [5.41, 5.74) is 5.27. The Morgan fingerprint density at radius 1 is 1.00 bits per heavy atom. The molecule has 1 aliphatic rings. The second-order valence-electron chi connectivity index (χ2n) is 3.33. The minimum absolute atomic E-state index is 0. The number of rotatable bonds is 0. The van der Waals surface area contributed by atoms with Gasteiger partial charge in [0.1, 0.15) is 0 Å². The van der Waals surface area contributed by atoms with Crippen LogP contribution in [0.2, 0.25) is 0 Å². The van der Waals surface area contributed by atoms with Crippen LogP contribution in [-0.4, -0.2) is 4.98 Å². The Hall–Kier alpha value is -1.03. The smallest absolute Gasteiger partial charge is 1.00 e. The van der Waals surface area contributed by atoms with Crippen molar-refractivity contribution in [2.24, 2.45) is 0 Å². The molecule has 1 nitrogen and oxygen atoms in total. The second kappa shape index (κ2) is 3.61. The molecule has 2 heteroatoms. The van der Waals surface area contributed by atoms with Gasteiger partial charge in [-0.05, 0) is 17.2 Å². The van der Waals surface area contributed by atoms with Crippen LogP contribution in [0.25, 0.3) is 11.1 Å². The largest absolute Gasteiger partial charge is 1.00 e. The molecule has 1 heterocycles. The van der Waals surface area contributed by atoms with E-state index in [0.29, 0.717) is 0 Å². The Morgan fingerprint density at radius 2 is 1.79 bits per heavy atom. The maximum absolute atomic E-state index is 4.37. The summed E-state index contributed by atoms with van der Waals surface area (Å²) >= 11 is 0. The average molecular weight is 175 g/mol. The van der Waals surface area contributed by atoms with Crippen LogP contribution in [0.5, 0.6) is 0 Å². The molecule has 0 radical (unpaired) electrons. The van der Waals surface area contributed by atoms with Crippen molar-refractivity contribution in [3.05, 3.63) is 53.9 Å². The molecule has 0 bridgehead atoms. The average Bonchev–Trinajstić information content (AvgIpc) is 2.56. The summed E-state index contributed by atoms with van der Waals surface area (Å²) in [4.78, 5) is 4.37. The van der Waals surface area contributed by atoms with Crippen LogP contribution < -0.4 is 18.9 Å². The Labute approximate surface area is 96.8 Å². The third-order valence-electron chi connectivity index (χ3n) is 2.56. The summed E-state index contributed by atoms with van der Waals surface area (Å²) in [6.07, 6.45) is 2.86. The number of fused-ring (bicyclic) bond motifs is 3. The van der Waals surface area contributed by atoms with Gasteiger partial charge in [0.25, 0.3) is 0 Å². The van der Waals surface area contributed by atoms with Gasteiger partial charge in [-0.3, -0.25) is 4.98 Å². The van der Waals surface area contributed by atoms with E-state index in [0.717, 1.165) is 6.42 Å². The predicted octanol–water partition coefficient (Wildman–Crippen LogP) is -0.231. The van der Waals surface area contributed by atoms with Crippen molar-refractivity contribution < 1.29 is 20.3 Å². The van der Waals surface area contributed by atoms with Crippen molar-refractivity contribution in [1.29, 1.82) is 0 Å². The summed E-state index contributed by atoms with van der Waals surface area (Å²) in [7, 11) is 0. The zero-order chi connectivity index (χ0) is 8.67. The van der Waals surface area contributed by atoms with Gasteiger partial charge in [-0.25, -0.2) is 0 Å². The van der Waals surface area contributed by atoms with Crippen molar-refractivity contribution in [3.63, 3.8) is 0 Å². The van der Waals surface area contributed by atoms with E-state index in [1.807, 2.05) is 12.3 Å². The topological polar surface area (TPSA) is 12.9 Å². The fourth-order valence-electron chi connectivity index (χ4n) is 1.94. The molecule has 0 saturated carbocycles. The second-order valence-corrected chi connectivity index (χ2v) is 3.33. The number of nitrogens with zero attached hydrogens (tertiary/aromatic N) is 1. The summed E-state index contributed by atoms with van der Waals surface area (Å²) in [6, 6.07) is 12.7. The quantitative estimate of drug-likeness (QED) is 0.430. The minimum Gasteiger partial charge on any atom is -1.00 e. The molecule has 0 atom stereocenters. The van der Waals surface area contributed by atoms with Gasteiger partial charge in [-0.2, -0.15) is 0 Å². The zero-order valence-corrected chi connectivity index (χ0v) is 8.20. The number of hydrogen-bond donors (Lipinski definition) is 0. The molecule has 1 aromatic carbocycles. The maximum atomic E-state index is 4.37. The van der Waals surface area contributed by atoms with Gasteiger partial charge in [-0.15, -0.1) is 0 Å². The van der Waals surface area contributed by atoms with E-state index in [1.165, 1.54) is 22.4 Å². The van der Waals surface area contributed by atoms with Gasteiger partial charge < -0.3 is 1.43 Å². The first-order chi connectivity index (χ1) is 6.45. The van der Waals surface area contributed by atoms with Crippen LogP contribution in [0, 0.1) is 0 Å². The number of aromatic nitrogens is 1. The van der Waals surface area contributed by atoms with Crippen molar-refractivity contribution in [1.82, 2.24) is 4.98 Å². The van der Waals surface area contributed by atoms with Crippen molar-refractivity contribution >= 4 is 0 Å². The third kappa shape index (κ3) is 1.30. The van der Waals surface area contributed by atoms with Crippen LogP contribution in [-0.2, 0) is 6.42 Å². The minimum atomic E-state index is 0. The van der Waals surface area contributed by atoms with Crippen molar-refractivity contribution in [3.8, 4) is 11.1 Å². The molecule has 3 rings (SSSR count). The van der Waals surface area contributed by atoms with E-state index in [2.05, 4.69) is 35.3 Å². The summed E-state index contributed by atoms with van der Waals surface area (Å²) < 4.78 is 0. The fraction of sp³-hybridized carbons (Fsp3) is 0.0833. The Bertz CT molecular complexity index is 427. The monoisotopic (exact) mass is 175 g/mol. The predicted molar refractivity (Wildman–Crippen MR) is 53.6 cm³/mol. The number of pyridine rings is 1. The van der Waals surface area contributed by atoms with E-state index >= 15 is 0 Å². The van der Waals surface area contributed by atoms with Gasteiger partial charge in [-0.1, -0.05) is 30.3 Å². The van der Waals surface area contributed by atoms with Crippen LogP contribution in [0.3, 0.4) is 0 Å². The first-order valence-electron chi connectivity index (χ1n) is 4.47. The molecule has 14 heavy (non-hydrogen) atoms. The summed E-state index contributed by atoms with van der Waals surface area (Å²) in [5.74, 6) is 0. The van der Waals surface area contributed by atoms with Crippen molar-refractivity contribution in [2.75, 3.05) is 0 Å². The fourth-order valence-corrected chi connectivity index (χ4v) is 1.94. The first kappa shape index (κ1) is 9.52. The van der Waals surface area contributed by atoms with Crippen LogP contribution in [0.4, 0.5) is 0 Å². The Kier molecular flexibility index (Phi) is 2.46. The normalized spacial score (nSPS) is 11.4. The molecule has 1 aromatic heterocycles. The van der Waals surface area contributed by atoms with Gasteiger partial charge in [0.05, 0.1) is 5.69 Å². The Balaban J connectivity index is 0.000000562. The Morgan fingerprint density at radius 3 is 2.71 bits per heavy atom. The van der Waals surface area contributed by atoms with Gasteiger partial charge in [0.15, 0.2) is 0 Å². The van der Waals surface area contributed by atoms with Gasteiger partial charge in [0, 0.05) is 18.2 Å². The molecular formula is C12H10LiN. The van der Waals surface area contributed by atoms with E-state index in [4.69, 9.17) is 0 Å². The van der Waals surface area contributed by atoms with Crippen LogP contribution in [0.15, 0.2) is 42.6 Å². The molecule has 0 fully saturated rings. The molecule has 0 saturated heterocycles. The molecule has 0 unspecified atom stereocenters. The molecule has 0 N–H and O–H groups in total. The van der Waals surface area contributed by atoms with E-state index < -0.39 is 0 Å². The molecule has 2 aromatic rings. The summed E-state index contributed by atoms with van der Waals surface area (Å²) in [5, 5.41) is 0. The first-order valence-corrected chi connectivity index (χ1v) is 4.47. The van der Waals surface area contributed by atoms with Gasteiger partial charge >= 0.3 is 18.9 Å². The van der Waals surface area contributed by atoms with Crippen molar-refractivity contribution in [2.45, 2.75) is 6.42 Å². The van der Waals surface area contributed by atoms with E-state index in [1.54, 1.807) is 0 Å². The molecule has 64 valence electrons. The maximum Gasteiger partial charge on any atom is 1.00 e.